The average molecular weight is 957 g/mol. The van der Waals surface area contributed by atoms with Crippen LogP contribution >= 0.6 is 0 Å². The molecule has 0 N–H and O–H groups in total. The molecule has 10 aromatic rings. The third-order valence-corrected chi connectivity index (χ3v) is 14.0. The highest BCUT2D eigenvalue weighted by Gasteiger charge is 2.16. The second-order valence-corrected chi connectivity index (χ2v) is 20.1. The lowest BCUT2D eigenvalue weighted by Crippen LogP contribution is -2.10. The van der Waals surface area contributed by atoms with E-state index in [4.69, 9.17) is 0 Å². The molecule has 0 saturated carbocycles. The second-order valence-electron chi connectivity index (χ2n) is 20.1. The molecule has 0 fully saturated rings. The summed E-state index contributed by atoms with van der Waals surface area (Å²) in [5.41, 5.74) is 23.9. The summed E-state index contributed by atoms with van der Waals surface area (Å²) >= 11 is 0. The minimum atomic E-state index is 0.493. The Morgan fingerprint density at radius 2 is 0.486 bits per heavy atom. The van der Waals surface area contributed by atoms with Crippen molar-refractivity contribution in [2.24, 2.45) is 0 Å². The van der Waals surface area contributed by atoms with Gasteiger partial charge in [-0.05, 0) is 176 Å². The van der Waals surface area contributed by atoms with Crippen LogP contribution in [0, 0.1) is 13.8 Å². The van der Waals surface area contributed by atoms with Crippen molar-refractivity contribution in [2.75, 3.05) is 9.80 Å². The van der Waals surface area contributed by atoms with Gasteiger partial charge in [0.1, 0.15) is 0 Å². The van der Waals surface area contributed by atoms with Crippen molar-refractivity contribution in [1.29, 1.82) is 0 Å². The summed E-state index contributed by atoms with van der Waals surface area (Å²) in [7, 11) is 0. The van der Waals surface area contributed by atoms with Gasteiger partial charge in [0.15, 0.2) is 0 Å². The highest BCUT2D eigenvalue weighted by atomic mass is 15.1. The summed E-state index contributed by atoms with van der Waals surface area (Å²) < 4.78 is 0. The highest BCUT2D eigenvalue weighted by Crippen LogP contribution is 2.39. The van der Waals surface area contributed by atoms with Crippen molar-refractivity contribution in [3.05, 3.63) is 287 Å². The van der Waals surface area contributed by atoms with Crippen LogP contribution in [0.4, 0.5) is 34.1 Å². The maximum Gasteiger partial charge on any atom is 0.0464 e. The Labute approximate surface area is 439 Å². The third-order valence-electron chi connectivity index (χ3n) is 14.0. The van der Waals surface area contributed by atoms with E-state index in [0.717, 1.165) is 34.1 Å². The van der Waals surface area contributed by atoms with Crippen LogP contribution in [0.2, 0.25) is 0 Å². The van der Waals surface area contributed by atoms with Gasteiger partial charge in [0.25, 0.3) is 0 Å². The first-order chi connectivity index (χ1) is 36.1. The summed E-state index contributed by atoms with van der Waals surface area (Å²) in [5, 5.41) is 0. The Morgan fingerprint density at radius 1 is 0.257 bits per heavy atom. The topological polar surface area (TPSA) is 6.48 Å². The van der Waals surface area contributed by atoms with E-state index < -0.39 is 0 Å². The Bertz CT molecular complexity index is 3250. The van der Waals surface area contributed by atoms with E-state index in [1.807, 2.05) is 0 Å². The largest absolute Gasteiger partial charge is 0.310 e. The van der Waals surface area contributed by atoms with Gasteiger partial charge >= 0.3 is 0 Å². The molecule has 0 radical (unpaired) electrons. The molecule has 0 aliphatic carbocycles. The summed E-state index contributed by atoms with van der Waals surface area (Å²) in [6.45, 7) is 13.3. The van der Waals surface area contributed by atoms with E-state index in [1.165, 1.54) is 77.9 Å². The molecule has 74 heavy (non-hydrogen) atoms. The van der Waals surface area contributed by atoms with Crippen LogP contribution in [0.5, 0.6) is 0 Å². The van der Waals surface area contributed by atoms with Crippen molar-refractivity contribution < 1.29 is 0 Å². The van der Waals surface area contributed by atoms with Gasteiger partial charge < -0.3 is 9.80 Å². The highest BCUT2D eigenvalue weighted by molar-refractivity contribution is 5.82. The molecule has 2 heteroatoms. The Morgan fingerprint density at radius 3 is 0.716 bits per heavy atom. The maximum absolute atomic E-state index is 2.34. The van der Waals surface area contributed by atoms with Gasteiger partial charge in [0, 0.05) is 34.1 Å². The van der Waals surface area contributed by atoms with E-state index in [9.17, 15) is 0 Å². The fraction of sp³-hybridized carbons (Fsp3) is 0.111. The minimum Gasteiger partial charge on any atom is -0.310 e. The number of aryl methyl sites for hydroxylation is 2. The predicted molar refractivity (Wildman–Crippen MR) is 321 cm³/mol. The lowest BCUT2D eigenvalue weighted by molar-refractivity contribution is 0.866. The first-order valence-corrected chi connectivity index (χ1v) is 26.0. The Hall–Kier alpha value is -8.72. The molecule has 0 aliphatic rings. The van der Waals surface area contributed by atoms with Crippen molar-refractivity contribution in [3.8, 4) is 33.4 Å². The molecule has 10 rings (SSSR count). The van der Waals surface area contributed by atoms with Crippen LogP contribution in [-0.2, 0) is 0 Å². The monoisotopic (exact) mass is 957 g/mol. The predicted octanol–water partition coefficient (Wildman–Crippen LogP) is 20.8. The number of hydrogen-bond donors (Lipinski definition) is 0. The van der Waals surface area contributed by atoms with Crippen molar-refractivity contribution in [1.82, 2.24) is 0 Å². The van der Waals surface area contributed by atoms with Crippen LogP contribution in [-0.4, -0.2) is 0 Å². The second kappa shape index (κ2) is 22.4. The van der Waals surface area contributed by atoms with Crippen molar-refractivity contribution in [2.45, 2.75) is 53.4 Å². The fourth-order valence-corrected chi connectivity index (χ4v) is 9.58. The molecule has 2 nitrogen and oxygen atoms in total. The first kappa shape index (κ1) is 48.9. The minimum absolute atomic E-state index is 0.493. The summed E-state index contributed by atoms with van der Waals surface area (Å²) in [6.07, 6.45) is 8.75. The zero-order valence-electron chi connectivity index (χ0n) is 43.5. The zero-order chi connectivity index (χ0) is 51.0. The SMILES string of the molecule is Cc1cccc(N(c2ccc(-c3ccc(C=Cc4ccc(-c5ccc(C=Cc6ccc(-c7ccc(N(c8ccc(C(C)C)cc8)c8cccc(C)c8)cc7)cc6)cc5)cc4)cc3)cc2)c2ccc(C(C)C)cc2)c1. The zero-order valence-corrected chi connectivity index (χ0v) is 43.5. The van der Waals surface area contributed by atoms with Crippen LogP contribution in [0.15, 0.2) is 243 Å². The number of rotatable bonds is 15. The lowest BCUT2D eigenvalue weighted by Gasteiger charge is -2.26. The van der Waals surface area contributed by atoms with Crippen LogP contribution in [0.25, 0.3) is 57.7 Å². The number of benzene rings is 10. The molecule has 10 aromatic carbocycles. The Balaban J connectivity index is 0.743. The summed E-state index contributed by atoms with van der Waals surface area (Å²) in [4.78, 5) is 4.68. The molecule has 0 spiro atoms. The first-order valence-electron chi connectivity index (χ1n) is 26.0. The molecule has 362 valence electrons. The molecule has 0 unspecified atom stereocenters. The normalized spacial score (nSPS) is 11.5. The maximum atomic E-state index is 2.34. The number of anilines is 6. The van der Waals surface area contributed by atoms with E-state index in [1.54, 1.807) is 0 Å². The smallest absolute Gasteiger partial charge is 0.0464 e. The van der Waals surface area contributed by atoms with Gasteiger partial charge in [0.2, 0.25) is 0 Å². The summed E-state index contributed by atoms with van der Waals surface area (Å²) in [5.74, 6) is 0.986. The molecule has 0 heterocycles. The van der Waals surface area contributed by atoms with E-state index in [2.05, 4.69) is 318 Å². The molecule has 0 amide bonds. The van der Waals surface area contributed by atoms with Gasteiger partial charge in [-0.1, -0.05) is 222 Å². The summed E-state index contributed by atoms with van der Waals surface area (Å²) in [6, 6.07) is 88.4. The van der Waals surface area contributed by atoms with Gasteiger partial charge in [-0.15, -0.1) is 0 Å². The molecular formula is C72H64N2. The average Bonchev–Trinajstić information content (AvgIpc) is 3.43. The van der Waals surface area contributed by atoms with Crippen LogP contribution < -0.4 is 9.80 Å². The van der Waals surface area contributed by atoms with Gasteiger partial charge in [-0.25, -0.2) is 0 Å². The lowest BCUT2D eigenvalue weighted by atomic mass is 10.0. The molecule has 0 aromatic heterocycles. The van der Waals surface area contributed by atoms with Crippen LogP contribution in [0.3, 0.4) is 0 Å². The van der Waals surface area contributed by atoms with Crippen molar-refractivity contribution in [3.63, 3.8) is 0 Å². The van der Waals surface area contributed by atoms with E-state index in [-0.39, 0.29) is 0 Å². The standard InChI is InChI=1S/C72H64N2/c1-51(2)59-33-41-67(42-34-59)73(71-11-7-9-53(5)49-71)69-45-37-65(38-46-69)63-29-21-57(22-30-63)15-13-55-17-25-61(26-18-55)62-27-19-56(20-28-62)14-16-58-23-31-64(32-24-58)66-39-47-70(48-40-66)74(72-12-8-10-54(6)50-72)68-43-35-60(36-44-68)52(3)4/h7-52H,1-6H3. The van der Waals surface area contributed by atoms with Gasteiger partial charge in [-0.2, -0.15) is 0 Å². The molecule has 0 atom stereocenters. The Kier molecular flexibility index (Phi) is 14.8. The van der Waals surface area contributed by atoms with Gasteiger partial charge in [-0.3, -0.25) is 0 Å². The van der Waals surface area contributed by atoms with Crippen molar-refractivity contribution >= 4 is 58.4 Å². The van der Waals surface area contributed by atoms with Crippen LogP contribution in [0.1, 0.15) is 84.0 Å². The molecule has 0 aliphatic heterocycles. The quantitative estimate of drug-likeness (QED) is 0.0945. The third kappa shape index (κ3) is 11.6. The number of hydrogen-bond acceptors (Lipinski definition) is 2. The van der Waals surface area contributed by atoms with E-state index >= 15 is 0 Å². The molecule has 0 bridgehead atoms. The van der Waals surface area contributed by atoms with E-state index in [0.29, 0.717) is 11.8 Å². The fourth-order valence-electron chi connectivity index (χ4n) is 9.58. The molecule has 0 saturated heterocycles. The van der Waals surface area contributed by atoms with Gasteiger partial charge in [0.05, 0.1) is 0 Å². The molecular weight excluding hydrogens is 893 g/mol. The number of nitrogens with zero attached hydrogens (tertiary/aromatic N) is 2.